The molecule has 0 N–H and O–H groups in total. The molecule has 6 heteroatoms. The number of para-hydroxylation sites is 1. The van der Waals surface area contributed by atoms with Crippen LogP contribution in [0.15, 0.2) is 48.5 Å². The summed E-state index contributed by atoms with van der Waals surface area (Å²) in [7, 11) is 0. The van der Waals surface area contributed by atoms with Crippen LogP contribution in [0.3, 0.4) is 0 Å². The average Bonchev–Trinajstić information content (AvgIpc) is 2.76. The lowest BCUT2D eigenvalue weighted by Gasteiger charge is -2.34. The minimum Gasteiger partial charge on any atom is -0.327 e. The number of rotatable bonds is 1. The molecular weight excluding hydrogens is 335 g/mol. The summed E-state index contributed by atoms with van der Waals surface area (Å²) in [5.74, 6) is -2.18. The van der Waals surface area contributed by atoms with Crippen molar-refractivity contribution in [2.45, 2.75) is 25.3 Å². The van der Waals surface area contributed by atoms with Crippen molar-refractivity contribution in [1.29, 1.82) is 0 Å². The lowest BCUT2D eigenvalue weighted by molar-refractivity contribution is -0.123. The van der Waals surface area contributed by atoms with Gasteiger partial charge in [0, 0.05) is 6.54 Å². The Bertz CT molecular complexity index is 911. The molecule has 132 valence electrons. The third kappa shape index (κ3) is 2.49. The molecule has 0 unspecified atom stereocenters. The number of nitrogens with zero attached hydrogens (tertiary/aromatic N) is 2. The molecule has 1 saturated heterocycles. The third-order valence-electron chi connectivity index (χ3n) is 4.95. The molecule has 5 nitrogen and oxygen atoms in total. The minimum atomic E-state index is -0.749. The van der Waals surface area contributed by atoms with E-state index < -0.39 is 23.7 Å². The van der Waals surface area contributed by atoms with E-state index in [0.29, 0.717) is 13.0 Å². The number of piperidine rings is 1. The molecule has 26 heavy (non-hydrogen) atoms. The van der Waals surface area contributed by atoms with Gasteiger partial charge in [-0.25, -0.2) is 9.29 Å². The smallest absolute Gasteiger partial charge is 0.268 e. The number of carbonyl (C=O) groups is 3. The Morgan fingerprint density at radius 1 is 1.00 bits per heavy atom. The molecule has 0 aliphatic carbocycles. The fourth-order valence-corrected chi connectivity index (χ4v) is 3.67. The van der Waals surface area contributed by atoms with Gasteiger partial charge in [0.05, 0.1) is 16.8 Å². The molecule has 2 heterocycles. The maximum Gasteiger partial charge on any atom is 0.268 e. The van der Waals surface area contributed by atoms with E-state index >= 15 is 0 Å². The van der Waals surface area contributed by atoms with E-state index in [9.17, 15) is 18.8 Å². The second-order valence-electron chi connectivity index (χ2n) is 6.49. The zero-order valence-electron chi connectivity index (χ0n) is 14.0. The van der Waals surface area contributed by atoms with Gasteiger partial charge in [0.15, 0.2) is 0 Å². The summed E-state index contributed by atoms with van der Waals surface area (Å²) < 4.78 is 14.2. The minimum absolute atomic E-state index is 0.188. The number of fused-ring (bicyclic) bond motifs is 2. The fraction of sp³-hybridized carbons (Fsp3) is 0.250. The molecule has 2 aromatic rings. The number of halogens is 1. The first kappa shape index (κ1) is 16.4. The van der Waals surface area contributed by atoms with Crippen molar-refractivity contribution in [1.82, 2.24) is 4.90 Å². The molecule has 2 aliphatic rings. The van der Waals surface area contributed by atoms with Gasteiger partial charge in [-0.1, -0.05) is 24.3 Å². The Kier molecular flexibility index (Phi) is 4.03. The van der Waals surface area contributed by atoms with Crippen LogP contribution in [-0.4, -0.2) is 35.2 Å². The molecule has 0 bridgehead atoms. The summed E-state index contributed by atoms with van der Waals surface area (Å²) in [5, 5.41) is 0. The van der Waals surface area contributed by atoms with Crippen LogP contribution in [-0.2, 0) is 4.79 Å². The predicted octanol–water partition coefficient (Wildman–Crippen LogP) is 3.01. The summed E-state index contributed by atoms with van der Waals surface area (Å²) in [4.78, 5) is 41.7. The molecule has 3 amide bonds. The van der Waals surface area contributed by atoms with Gasteiger partial charge in [0.1, 0.15) is 11.9 Å². The lowest BCUT2D eigenvalue weighted by Crippen LogP contribution is -2.52. The summed E-state index contributed by atoms with van der Waals surface area (Å²) >= 11 is 0. The molecule has 0 spiro atoms. The normalized spacial score (nSPS) is 19.7. The number of imide groups is 1. The van der Waals surface area contributed by atoms with E-state index in [1.165, 1.54) is 18.2 Å². The first-order valence-electron chi connectivity index (χ1n) is 8.62. The number of carbonyl (C=O) groups excluding carboxylic acids is 3. The van der Waals surface area contributed by atoms with Crippen LogP contribution in [0.2, 0.25) is 0 Å². The van der Waals surface area contributed by atoms with Gasteiger partial charge in [0.25, 0.3) is 17.7 Å². The molecule has 0 aromatic heterocycles. The van der Waals surface area contributed by atoms with Crippen molar-refractivity contribution in [3.05, 3.63) is 65.5 Å². The van der Waals surface area contributed by atoms with E-state index in [4.69, 9.17) is 0 Å². The van der Waals surface area contributed by atoms with Crippen LogP contribution < -0.4 is 4.90 Å². The van der Waals surface area contributed by atoms with Crippen LogP contribution in [0, 0.1) is 5.82 Å². The highest BCUT2D eigenvalue weighted by molar-refractivity contribution is 6.26. The van der Waals surface area contributed by atoms with E-state index in [1.54, 1.807) is 35.2 Å². The Morgan fingerprint density at radius 3 is 2.54 bits per heavy atom. The number of hydrogen-bond donors (Lipinski definition) is 0. The predicted molar refractivity (Wildman–Crippen MR) is 93.3 cm³/mol. The summed E-state index contributed by atoms with van der Waals surface area (Å²) in [6.45, 7) is 0.477. The lowest BCUT2D eigenvalue weighted by atomic mass is 10.0. The number of benzene rings is 2. The molecule has 1 fully saturated rings. The molecule has 2 aliphatic heterocycles. The van der Waals surface area contributed by atoms with Crippen molar-refractivity contribution < 1.29 is 18.8 Å². The Hall–Kier alpha value is -3.02. The quantitative estimate of drug-likeness (QED) is 0.742. The van der Waals surface area contributed by atoms with Crippen molar-refractivity contribution in [3.8, 4) is 0 Å². The zero-order valence-corrected chi connectivity index (χ0v) is 14.0. The Labute approximate surface area is 150 Å². The topological polar surface area (TPSA) is 57.7 Å². The second kappa shape index (κ2) is 6.37. The number of anilines is 1. The maximum atomic E-state index is 14.2. The van der Waals surface area contributed by atoms with Gasteiger partial charge in [-0.05, 0) is 43.5 Å². The molecular formula is C20H17FN2O3. The van der Waals surface area contributed by atoms with Crippen molar-refractivity contribution >= 4 is 23.4 Å². The van der Waals surface area contributed by atoms with Crippen LogP contribution in [0.25, 0.3) is 0 Å². The zero-order chi connectivity index (χ0) is 18.3. The SMILES string of the molecule is O=C(c1ccccc1F)N1C(=O)[C@H]2CCCCN2C(=O)c2ccccc21. The van der Waals surface area contributed by atoms with Gasteiger partial charge < -0.3 is 4.90 Å². The standard InChI is InChI=1S/C20H17FN2O3/c21-15-9-3-1-7-13(15)19(25)23-16-10-4-2-8-14(16)18(24)22-12-6-5-11-17(22)20(23)26/h1-4,7-10,17H,5-6,11-12H2/t17-/m1/s1. The van der Waals surface area contributed by atoms with Gasteiger partial charge in [-0.2, -0.15) is 0 Å². The van der Waals surface area contributed by atoms with Gasteiger partial charge in [-0.15, -0.1) is 0 Å². The van der Waals surface area contributed by atoms with Crippen molar-refractivity contribution in [2.75, 3.05) is 11.4 Å². The number of amides is 3. The van der Waals surface area contributed by atoms with Crippen molar-refractivity contribution in [3.63, 3.8) is 0 Å². The highest BCUT2D eigenvalue weighted by Gasteiger charge is 2.43. The monoisotopic (exact) mass is 352 g/mol. The molecule has 1 atom stereocenters. The van der Waals surface area contributed by atoms with E-state index in [-0.39, 0.29) is 22.7 Å². The summed E-state index contributed by atoms with van der Waals surface area (Å²) in [5.41, 5.74) is 0.312. The second-order valence-corrected chi connectivity index (χ2v) is 6.49. The van der Waals surface area contributed by atoms with E-state index in [2.05, 4.69) is 0 Å². The molecule has 2 aromatic carbocycles. The van der Waals surface area contributed by atoms with Crippen LogP contribution in [0.4, 0.5) is 10.1 Å². The van der Waals surface area contributed by atoms with Crippen LogP contribution in [0.1, 0.15) is 40.0 Å². The highest BCUT2D eigenvalue weighted by Crippen LogP contribution is 2.33. The van der Waals surface area contributed by atoms with E-state index in [0.717, 1.165) is 17.7 Å². The molecule has 0 radical (unpaired) electrons. The van der Waals surface area contributed by atoms with Gasteiger partial charge >= 0.3 is 0 Å². The largest absolute Gasteiger partial charge is 0.327 e. The van der Waals surface area contributed by atoms with Gasteiger partial charge in [-0.3, -0.25) is 14.4 Å². The molecule has 0 saturated carbocycles. The summed E-state index contributed by atoms with van der Waals surface area (Å²) in [6.07, 6.45) is 2.12. The first-order valence-corrected chi connectivity index (χ1v) is 8.62. The van der Waals surface area contributed by atoms with Crippen LogP contribution in [0.5, 0.6) is 0 Å². The maximum absolute atomic E-state index is 14.2. The Morgan fingerprint density at radius 2 is 1.73 bits per heavy atom. The fourth-order valence-electron chi connectivity index (χ4n) is 3.67. The Balaban J connectivity index is 1.88. The van der Waals surface area contributed by atoms with E-state index in [1.807, 2.05) is 0 Å². The average molecular weight is 352 g/mol. The van der Waals surface area contributed by atoms with Crippen molar-refractivity contribution in [2.24, 2.45) is 0 Å². The van der Waals surface area contributed by atoms with Gasteiger partial charge in [0.2, 0.25) is 0 Å². The van der Waals surface area contributed by atoms with Crippen LogP contribution >= 0.6 is 0 Å². The highest BCUT2D eigenvalue weighted by atomic mass is 19.1. The number of hydrogen-bond acceptors (Lipinski definition) is 3. The summed E-state index contributed by atoms with van der Waals surface area (Å²) in [6, 6.07) is 11.4. The first-order chi connectivity index (χ1) is 12.6. The molecule has 4 rings (SSSR count). The third-order valence-corrected chi connectivity index (χ3v) is 4.95.